The summed E-state index contributed by atoms with van der Waals surface area (Å²) in [6.07, 6.45) is 3.55. The first-order valence-corrected chi connectivity index (χ1v) is 11.2. The van der Waals surface area contributed by atoms with Gasteiger partial charge in [0.05, 0.1) is 16.4 Å². The largest absolute Gasteiger partial charge is 0.374 e. The van der Waals surface area contributed by atoms with Gasteiger partial charge in [0.2, 0.25) is 5.91 Å². The molecule has 0 fully saturated rings. The van der Waals surface area contributed by atoms with Crippen molar-refractivity contribution in [3.63, 3.8) is 0 Å². The zero-order valence-electron chi connectivity index (χ0n) is 19.7. The SMILES string of the molecule is CN(CC(C)(C)c1ccc2[nH]c(-c3ccncc3)nc2c1)c1ccc2c(c1)C(C)(C)C(=O)N2. The third-order valence-corrected chi connectivity index (χ3v) is 6.78. The quantitative estimate of drug-likeness (QED) is 0.444. The fourth-order valence-electron chi connectivity index (χ4n) is 4.65. The summed E-state index contributed by atoms with van der Waals surface area (Å²) in [7, 11) is 2.11. The molecule has 1 aliphatic heterocycles. The molecule has 168 valence electrons. The van der Waals surface area contributed by atoms with Crippen LogP contribution in [0.1, 0.15) is 38.8 Å². The summed E-state index contributed by atoms with van der Waals surface area (Å²) in [5, 5.41) is 2.99. The van der Waals surface area contributed by atoms with Crippen molar-refractivity contribution in [2.75, 3.05) is 23.8 Å². The second kappa shape index (κ2) is 7.44. The minimum absolute atomic E-state index is 0.0519. The van der Waals surface area contributed by atoms with E-state index in [0.29, 0.717) is 0 Å². The number of amides is 1. The number of hydrogen-bond donors (Lipinski definition) is 2. The van der Waals surface area contributed by atoms with E-state index in [4.69, 9.17) is 4.98 Å². The highest BCUT2D eigenvalue weighted by molar-refractivity contribution is 6.06. The van der Waals surface area contributed by atoms with Crippen molar-refractivity contribution in [3.05, 3.63) is 72.1 Å². The Morgan fingerprint density at radius 2 is 1.79 bits per heavy atom. The zero-order chi connectivity index (χ0) is 23.4. The van der Waals surface area contributed by atoms with E-state index < -0.39 is 5.41 Å². The predicted octanol–water partition coefficient (Wildman–Crippen LogP) is 5.27. The first-order chi connectivity index (χ1) is 15.6. The number of aromatic nitrogens is 3. The lowest BCUT2D eigenvalue weighted by Gasteiger charge is -2.32. The van der Waals surface area contributed by atoms with Crippen molar-refractivity contribution < 1.29 is 4.79 Å². The Morgan fingerprint density at radius 1 is 1.03 bits per heavy atom. The maximum Gasteiger partial charge on any atom is 0.234 e. The molecule has 0 saturated heterocycles. The molecular weight excluding hydrogens is 410 g/mol. The van der Waals surface area contributed by atoms with Crippen LogP contribution in [-0.4, -0.2) is 34.5 Å². The maximum atomic E-state index is 12.3. The first-order valence-electron chi connectivity index (χ1n) is 11.2. The van der Waals surface area contributed by atoms with Gasteiger partial charge < -0.3 is 15.2 Å². The van der Waals surface area contributed by atoms with E-state index in [1.54, 1.807) is 12.4 Å². The molecule has 0 unspecified atom stereocenters. The number of aromatic amines is 1. The van der Waals surface area contributed by atoms with E-state index >= 15 is 0 Å². The molecule has 2 aromatic carbocycles. The van der Waals surface area contributed by atoms with E-state index in [1.807, 2.05) is 32.0 Å². The molecule has 0 spiro atoms. The average Bonchev–Trinajstić information content (AvgIpc) is 3.32. The van der Waals surface area contributed by atoms with Gasteiger partial charge in [0.1, 0.15) is 5.82 Å². The molecule has 33 heavy (non-hydrogen) atoms. The van der Waals surface area contributed by atoms with Crippen LogP contribution in [0.3, 0.4) is 0 Å². The number of imidazole rings is 1. The van der Waals surface area contributed by atoms with Gasteiger partial charge in [0.15, 0.2) is 0 Å². The number of fused-ring (bicyclic) bond motifs is 2. The molecule has 5 rings (SSSR count). The molecule has 3 heterocycles. The maximum absolute atomic E-state index is 12.3. The molecule has 2 N–H and O–H groups in total. The molecule has 2 aromatic heterocycles. The van der Waals surface area contributed by atoms with Crippen molar-refractivity contribution in [3.8, 4) is 11.4 Å². The average molecular weight is 440 g/mol. The summed E-state index contributed by atoms with van der Waals surface area (Å²) < 4.78 is 0. The van der Waals surface area contributed by atoms with Crippen LogP contribution in [0.25, 0.3) is 22.4 Å². The van der Waals surface area contributed by atoms with Gasteiger partial charge in [-0.1, -0.05) is 19.9 Å². The van der Waals surface area contributed by atoms with Gasteiger partial charge in [-0.15, -0.1) is 0 Å². The molecule has 0 saturated carbocycles. The number of nitrogens with zero attached hydrogens (tertiary/aromatic N) is 3. The number of carbonyl (C=O) groups is 1. The Labute approximate surface area is 194 Å². The Balaban J connectivity index is 1.41. The summed E-state index contributed by atoms with van der Waals surface area (Å²) in [6.45, 7) is 9.27. The molecule has 0 atom stereocenters. The van der Waals surface area contributed by atoms with Gasteiger partial charge in [-0.3, -0.25) is 9.78 Å². The lowest BCUT2D eigenvalue weighted by Crippen LogP contribution is -2.34. The number of nitrogens with one attached hydrogen (secondary N) is 2. The van der Waals surface area contributed by atoms with Crippen LogP contribution in [0.15, 0.2) is 60.9 Å². The molecule has 1 aliphatic rings. The topological polar surface area (TPSA) is 73.9 Å². The van der Waals surface area contributed by atoms with Crippen LogP contribution in [0, 0.1) is 0 Å². The molecule has 0 aliphatic carbocycles. The molecule has 4 aromatic rings. The number of H-pyrrole nitrogens is 1. The summed E-state index contributed by atoms with van der Waals surface area (Å²) >= 11 is 0. The number of pyridine rings is 1. The highest BCUT2D eigenvalue weighted by atomic mass is 16.2. The highest BCUT2D eigenvalue weighted by Gasteiger charge is 2.38. The van der Waals surface area contributed by atoms with Gasteiger partial charge in [-0.05, 0) is 67.4 Å². The van der Waals surface area contributed by atoms with E-state index in [2.05, 4.69) is 71.4 Å². The number of rotatable bonds is 5. The summed E-state index contributed by atoms with van der Waals surface area (Å²) in [4.78, 5) is 26.9. The van der Waals surface area contributed by atoms with Crippen molar-refractivity contribution in [1.29, 1.82) is 0 Å². The summed E-state index contributed by atoms with van der Waals surface area (Å²) in [6, 6.07) is 16.6. The van der Waals surface area contributed by atoms with Gasteiger partial charge >= 0.3 is 0 Å². The Kier molecular flexibility index (Phi) is 4.78. The number of anilines is 2. The van der Waals surface area contributed by atoms with E-state index in [1.165, 1.54) is 5.56 Å². The van der Waals surface area contributed by atoms with Crippen molar-refractivity contribution >= 4 is 28.3 Å². The molecule has 6 nitrogen and oxygen atoms in total. The standard InChI is InChI=1S/C27H29N5O/c1-26(2,16-32(5)19-7-9-21-20(15-19)27(3,4)25(33)31-21)18-6-8-22-23(14-18)30-24(29-22)17-10-12-28-13-11-17/h6-15H,16H2,1-5H3,(H,29,30)(H,31,33). The first kappa shape index (κ1) is 21.2. The molecule has 0 radical (unpaired) electrons. The van der Waals surface area contributed by atoms with E-state index in [0.717, 1.165) is 45.9 Å². The Morgan fingerprint density at radius 3 is 2.55 bits per heavy atom. The molecule has 0 bridgehead atoms. The van der Waals surface area contributed by atoms with Crippen LogP contribution in [-0.2, 0) is 15.6 Å². The second-order valence-corrected chi connectivity index (χ2v) is 10.1. The lowest BCUT2D eigenvalue weighted by atomic mass is 9.83. The molecule has 6 heteroatoms. The minimum atomic E-state index is -0.515. The lowest BCUT2D eigenvalue weighted by molar-refractivity contribution is -0.119. The minimum Gasteiger partial charge on any atom is -0.374 e. The fraction of sp³-hybridized carbons (Fsp3) is 0.296. The van der Waals surface area contributed by atoms with Gasteiger partial charge in [0.25, 0.3) is 0 Å². The fourth-order valence-corrected chi connectivity index (χ4v) is 4.65. The van der Waals surface area contributed by atoms with Crippen LogP contribution in [0.4, 0.5) is 11.4 Å². The van der Waals surface area contributed by atoms with E-state index in [-0.39, 0.29) is 11.3 Å². The van der Waals surface area contributed by atoms with Crippen LogP contribution in [0.2, 0.25) is 0 Å². The predicted molar refractivity (Wildman–Crippen MR) is 134 cm³/mol. The summed E-state index contributed by atoms with van der Waals surface area (Å²) in [5.41, 5.74) is 6.67. The highest BCUT2D eigenvalue weighted by Crippen LogP contribution is 2.40. The van der Waals surface area contributed by atoms with Crippen molar-refractivity contribution in [2.45, 2.75) is 38.5 Å². The van der Waals surface area contributed by atoms with Crippen LogP contribution < -0.4 is 10.2 Å². The Hall–Kier alpha value is -3.67. The van der Waals surface area contributed by atoms with Gasteiger partial charge in [0, 0.05) is 48.3 Å². The smallest absolute Gasteiger partial charge is 0.234 e. The van der Waals surface area contributed by atoms with Gasteiger partial charge in [-0.25, -0.2) is 4.98 Å². The Bertz CT molecular complexity index is 1350. The zero-order valence-corrected chi connectivity index (χ0v) is 19.7. The number of carbonyl (C=O) groups excluding carboxylic acids is 1. The third-order valence-electron chi connectivity index (χ3n) is 6.78. The van der Waals surface area contributed by atoms with E-state index in [9.17, 15) is 4.79 Å². The summed E-state index contributed by atoms with van der Waals surface area (Å²) in [5.74, 6) is 0.902. The molecular formula is C27H29N5O. The normalized spacial score (nSPS) is 14.9. The second-order valence-electron chi connectivity index (χ2n) is 10.1. The number of benzene rings is 2. The number of likely N-dealkylation sites (N-methyl/N-ethyl adjacent to an activating group) is 1. The van der Waals surface area contributed by atoms with Crippen molar-refractivity contribution in [1.82, 2.24) is 15.0 Å². The van der Waals surface area contributed by atoms with Crippen molar-refractivity contribution in [2.24, 2.45) is 0 Å². The third kappa shape index (κ3) is 3.65. The van der Waals surface area contributed by atoms with Gasteiger partial charge in [-0.2, -0.15) is 0 Å². The van der Waals surface area contributed by atoms with Crippen LogP contribution >= 0.6 is 0 Å². The number of hydrogen-bond acceptors (Lipinski definition) is 4. The van der Waals surface area contributed by atoms with Crippen LogP contribution in [0.5, 0.6) is 0 Å². The monoisotopic (exact) mass is 439 g/mol. The molecule has 1 amide bonds.